The van der Waals surface area contributed by atoms with Crippen molar-refractivity contribution in [3.63, 3.8) is 0 Å². The van der Waals surface area contributed by atoms with Crippen molar-refractivity contribution in [1.82, 2.24) is 0 Å². The van der Waals surface area contributed by atoms with Gasteiger partial charge in [0, 0.05) is 22.6 Å². The van der Waals surface area contributed by atoms with Crippen LogP contribution in [-0.4, -0.2) is 41.6 Å². The summed E-state index contributed by atoms with van der Waals surface area (Å²) < 4.78 is 10.6. The van der Waals surface area contributed by atoms with Gasteiger partial charge < -0.3 is 14.6 Å². The van der Waals surface area contributed by atoms with E-state index >= 15 is 0 Å². The number of esters is 2. The predicted molar refractivity (Wildman–Crippen MR) is 97.1 cm³/mol. The van der Waals surface area contributed by atoms with Crippen LogP contribution in [0.15, 0.2) is 34.9 Å². The number of ketones is 1. The molecular formula is C20H28O6. The van der Waals surface area contributed by atoms with E-state index in [9.17, 15) is 19.5 Å². The lowest BCUT2D eigenvalue weighted by atomic mass is 9.77. The van der Waals surface area contributed by atoms with Crippen molar-refractivity contribution in [2.75, 3.05) is 6.61 Å². The molecule has 0 bridgehead atoms. The molecule has 0 heterocycles. The summed E-state index contributed by atoms with van der Waals surface area (Å²) in [6.07, 6.45) is 2.62. The average molecular weight is 364 g/mol. The van der Waals surface area contributed by atoms with Crippen LogP contribution < -0.4 is 0 Å². The summed E-state index contributed by atoms with van der Waals surface area (Å²) in [5.41, 5.74) is 0.979. The first-order valence-corrected chi connectivity index (χ1v) is 8.70. The highest BCUT2D eigenvalue weighted by molar-refractivity contribution is 6.01. The molecule has 0 aromatic rings. The van der Waals surface area contributed by atoms with Gasteiger partial charge in [0.2, 0.25) is 0 Å². The number of ether oxygens (including phenoxy) is 2. The van der Waals surface area contributed by atoms with Crippen molar-refractivity contribution in [3.05, 3.63) is 34.9 Å². The summed E-state index contributed by atoms with van der Waals surface area (Å²) in [6.45, 7) is 10.1. The molecule has 1 aliphatic rings. The number of hydrogen-bond acceptors (Lipinski definition) is 6. The van der Waals surface area contributed by atoms with E-state index in [-0.39, 0.29) is 18.1 Å². The van der Waals surface area contributed by atoms with Gasteiger partial charge in [0.25, 0.3) is 0 Å². The Morgan fingerprint density at radius 2 is 1.69 bits per heavy atom. The molecule has 0 spiro atoms. The number of rotatable bonds is 6. The second kappa shape index (κ2) is 9.48. The van der Waals surface area contributed by atoms with Crippen LogP contribution in [-0.2, 0) is 23.9 Å². The monoisotopic (exact) mass is 364 g/mol. The fourth-order valence-electron chi connectivity index (χ4n) is 2.62. The summed E-state index contributed by atoms with van der Waals surface area (Å²) in [5, 5.41) is 10.4. The van der Waals surface area contributed by atoms with E-state index in [1.165, 1.54) is 6.08 Å². The van der Waals surface area contributed by atoms with E-state index in [0.29, 0.717) is 11.1 Å². The fraction of sp³-hybridized carbons (Fsp3) is 0.550. The Morgan fingerprint density at radius 3 is 2.19 bits per heavy atom. The minimum absolute atomic E-state index is 0.0942. The Morgan fingerprint density at radius 1 is 1.15 bits per heavy atom. The van der Waals surface area contributed by atoms with Crippen LogP contribution in [0.1, 0.15) is 41.5 Å². The molecule has 0 saturated carbocycles. The number of aliphatic hydroxyl groups excluding tert-OH is 1. The molecule has 26 heavy (non-hydrogen) atoms. The Bertz CT molecular complexity index is 653. The van der Waals surface area contributed by atoms with Crippen molar-refractivity contribution >= 4 is 17.7 Å². The molecule has 3 unspecified atom stereocenters. The molecule has 0 aromatic heterocycles. The lowest BCUT2D eigenvalue weighted by Gasteiger charge is -2.35. The van der Waals surface area contributed by atoms with Gasteiger partial charge in [-0.3, -0.25) is 4.79 Å². The summed E-state index contributed by atoms with van der Waals surface area (Å²) in [7, 11) is 0. The highest BCUT2D eigenvalue weighted by Crippen LogP contribution is 2.31. The van der Waals surface area contributed by atoms with Crippen molar-refractivity contribution < 1.29 is 29.0 Å². The Balaban J connectivity index is 3.08. The Labute approximate surface area is 154 Å². The zero-order valence-electron chi connectivity index (χ0n) is 16.2. The molecule has 144 valence electrons. The zero-order valence-corrected chi connectivity index (χ0v) is 16.2. The molecular weight excluding hydrogens is 336 g/mol. The van der Waals surface area contributed by atoms with Crippen LogP contribution in [0.4, 0.5) is 0 Å². The number of carbonyl (C=O) groups excluding carboxylic acids is 3. The second-order valence-electron chi connectivity index (χ2n) is 6.71. The first-order valence-electron chi connectivity index (χ1n) is 8.70. The van der Waals surface area contributed by atoms with Gasteiger partial charge in [-0.15, -0.1) is 0 Å². The first-order chi connectivity index (χ1) is 12.1. The van der Waals surface area contributed by atoms with E-state index < -0.39 is 35.8 Å². The van der Waals surface area contributed by atoms with Gasteiger partial charge in [-0.05, 0) is 39.7 Å². The number of allylic oxidation sites excluding steroid dienone is 2. The van der Waals surface area contributed by atoms with Gasteiger partial charge in [-0.25, -0.2) is 9.59 Å². The molecule has 1 rings (SSSR count). The minimum Gasteiger partial charge on any atom is -0.457 e. The van der Waals surface area contributed by atoms with Crippen LogP contribution in [0, 0.1) is 11.8 Å². The zero-order chi connectivity index (χ0) is 20.0. The quantitative estimate of drug-likeness (QED) is 0.575. The molecule has 0 radical (unpaired) electrons. The van der Waals surface area contributed by atoms with Crippen molar-refractivity contribution in [2.45, 2.75) is 53.8 Å². The highest BCUT2D eigenvalue weighted by Gasteiger charge is 2.42. The highest BCUT2D eigenvalue weighted by atomic mass is 16.5. The smallest absolute Gasteiger partial charge is 0.333 e. The topological polar surface area (TPSA) is 89.9 Å². The molecule has 1 N–H and O–H groups in total. The van der Waals surface area contributed by atoms with Crippen molar-refractivity contribution in [1.29, 1.82) is 0 Å². The molecule has 3 atom stereocenters. The van der Waals surface area contributed by atoms with Crippen LogP contribution in [0.2, 0.25) is 0 Å². The van der Waals surface area contributed by atoms with E-state index in [4.69, 9.17) is 9.47 Å². The molecule has 1 aliphatic carbocycles. The van der Waals surface area contributed by atoms with Crippen LogP contribution in [0.3, 0.4) is 0 Å². The molecule has 0 aliphatic heterocycles. The van der Waals surface area contributed by atoms with E-state index in [0.717, 1.165) is 0 Å². The largest absolute Gasteiger partial charge is 0.457 e. The number of aliphatic hydroxyl groups is 1. The summed E-state index contributed by atoms with van der Waals surface area (Å²) in [6, 6.07) is 0. The molecule has 0 amide bonds. The fourth-order valence-corrected chi connectivity index (χ4v) is 2.62. The maximum Gasteiger partial charge on any atom is 0.333 e. The molecule has 0 fully saturated rings. The van der Waals surface area contributed by atoms with E-state index in [1.54, 1.807) is 39.8 Å². The predicted octanol–water partition coefficient (Wildman–Crippen LogP) is 2.52. The number of carbonyl (C=O) groups is 3. The molecule has 0 aromatic carbocycles. The van der Waals surface area contributed by atoms with Crippen molar-refractivity contribution in [3.8, 4) is 0 Å². The van der Waals surface area contributed by atoms with Crippen LogP contribution >= 0.6 is 0 Å². The first kappa shape index (κ1) is 21.8. The third kappa shape index (κ3) is 5.14. The van der Waals surface area contributed by atoms with Gasteiger partial charge in [-0.1, -0.05) is 26.0 Å². The van der Waals surface area contributed by atoms with Crippen LogP contribution in [0.5, 0.6) is 0 Å². The molecule has 6 heteroatoms. The van der Waals surface area contributed by atoms with Gasteiger partial charge in [0.05, 0.1) is 0 Å². The Kier molecular flexibility index (Phi) is 7.96. The van der Waals surface area contributed by atoms with Gasteiger partial charge in [0.1, 0.15) is 18.8 Å². The summed E-state index contributed by atoms with van der Waals surface area (Å²) in [4.78, 5) is 36.3. The van der Waals surface area contributed by atoms with Gasteiger partial charge in [-0.2, -0.15) is 0 Å². The lowest BCUT2D eigenvalue weighted by molar-refractivity contribution is -0.152. The Hall–Kier alpha value is -2.21. The lowest BCUT2D eigenvalue weighted by Crippen LogP contribution is -2.46. The van der Waals surface area contributed by atoms with Crippen LogP contribution in [0.25, 0.3) is 0 Å². The van der Waals surface area contributed by atoms with E-state index in [1.807, 2.05) is 13.8 Å². The third-order valence-corrected chi connectivity index (χ3v) is 4.58. The summed E-state index contributed by atoms with van der Waals surface area (Å²) in [5.74, 6) is -2.22. The van der Waals surface area contributed by atoms with Gasteiger partial charge >= 0.3 is 11.9 Å². The number of Topliss-reactive ketones (excluding diaryl/α,β-unsaturated/α-hetero) is 1. The SMILES string of the molecule is CC=C(C)C(=O)OCC1=CC(OC(=O)C(C)=CC)C(C(C)C)C(O)C1=O. The van der Waals surface area contributed by atoms with Crippen molar-refractivity contribution in [2.24, 2.45) is 11.8 Å². The maximum atomic E-state index is 12.4. The summed E-state index contributed by atoms with van der Waals surface area (Å²) >= 11 is 0. The van der Waals surface area contributed by atoms with E-state index in [2.05, 4.69) is 0 Å². The number of hydrogen-bond donors (Lipinski definition) is 1. The maximum absolute atomic E-state index is 12.4. The normalized spacial score (nSPS) is 24.4. The molecule has 0 saturated heterocycles. The second-order valence-corrected chi connectivity index (χ2v) is 6.71. The average Bonchev–Trinajstić information content (AvgIpc) is 2.61. The minimum atomic E-state index is -1.32. The van der Waals surface area contributed by atoms with Gasteiger partial charge in [0.15, 0.2) is 5.78 Å². The third-order valence-electron chi connectivity index (χ3n) is 4.58. The molecule has 6 nitrogen and oxygen atoms in total. The standard InChI is InChI=1S/C20H28O6/c1-7-12(5)19(23)25-10-14-9-15(26-20(24)13(6)8-2)16(11(3)4)18(22)17(14)21/h7-9,11,15-16,18,22H,10H2,1-6H3.